The van der Waals surface area contributed by atoms with Crippen molar-refractivity contribution in [1.82, 2.24) is 9.97 Å². The normalized spacial score (nSPS) is 9.83. The van der Waals surface area contributed by atoms with Gasteiger partial charge in [0.15, 0.2) is 0 Å². The van der Waals surface area contributed by atoms with Crippen LogP contribution in [0.15, 0.2) is 12.3 Å². The maximum atomic E-state index is 8.74. The first-order valence-corrected chi connectivity index (χ1v) is 3.92. The molecule has 1 heterocycles. The second-order valence-corrected chi connectivity index (χ2v) is 2.34. The fraction of sp³-hybridized carbons (Fsp3) is 0.500. The maximum Gasteiger partial charge on any atom is 0.316 e. The molecule has 0 aliphatic rings. The summed E-state index contributed by atoms with van der Waals surface area (Å²) in [5, 5.41) is 8.74. The fourth-order valence-corrected chi connectivity index (χ4v) is 0.727. The van der Waals surface area contributed by atoms with Gasteiger partial charge in [0.2, 0.25) is 0 Å². The van der Waals surface area contributed by atoms with Crippen LogP contribution in [0.1, 0.15) is 19.0 Å². The molecule has 0 amide bonds. The highest BCUT2D eigenvalue weighted by atomic mass is 16.5. The van der Waals surface area contributed by atoms with Crippen molar-refractivity contribution in [2.24, 2.45) is 0 Å². The lowest BCUT2D eigenvalue weighted by molar-refractivity contribution is 0.264. The average molecular weight is 168 g/mol. The first-order chi connectivity index (χ1) is 5.86. The summed E-state index contributed by atoms with van der Waals surface area (Å²) >= 11 is 0. The molecular weight excluding hydrogens is 156 g/mol. The first kappa shape index (κ1) is 8.93. The van der Waals surface area contributed by atoms with Crippen LogP contribution >= 0.6 is 0 Å². The highest BCUT2D eigenvalue weighted by molar-refractivity contribution is 5.03. The minimum Gasteiger partial charge on any atom is -0.463 e. The van der Waals surface area contributed by atoms with E-state index in [1.54, 1.807) is 12.3 Å². The van der Waals surface area contributed by atoms with Crippen molar-refractivity contribution in [2.45, 2.75) is 20.0 Å². The van der Waals surface area contributed by atoms with Gasteiger partial charge in [-0.3, -0.25) is 0 Å². The highest BCUT2D eigenvalue weighted by Crippen LogP contribution is 2.02. The molecule has 1 aromatic heterocycles. The van der Waals surface area contributed by atoms with Gasteiger partial charge in [0.05, 0.1) is 18.9 Å². The van der Waals surface area contributed by atoms with Crippen LogP contribution in [0.25, 0.3) is 0 Å². The van der Waals surface area contributed by atoms with Crippen LogP contribution in [0.2, 0.25) is 0 Å². The van der Waals surface area contributed by atoms with Crippen molar-refractivity contribution in [3.8, 4) is 6.01 Å². The van der Waals surface area contributed by atoms with Crippen molar-refractivity contribution in [1.29, 1.82) is 0 Å². The van der Waals surface area contributed by atoms with Crippen LogP contribution in [-0.4, -0.2) is 21.7 Å². The SMILES string of the molecule is CCCOc1nccc(CO)n1. The largest absolute Gasteiger partial charge is 0.463 e. The highest BCUT2D eigenvalue weighted by Gasteiger charge is 1.97. The smallest absolute Gasteiger partial charge is 0.316 e. The monoisotopic (exact) mass is 168 g/mol. The molecule has 0 atom stereocenters. The molecule has 0 saturated heterocycles. The Morgan fingerprint density at radius 3 is 3.08 bits per heavy atom. The molecule has 0 unspecified atom stereocenters. The van der Waals surface area contributed by atoms with E-state index in [-0.39, 0.29) is 6.61 Å². The zero-order valence-corrected chi connectivity index (χ0v) is 7.03. The number of rotatable bonds is 4. The van der Waals surface area contributed by atoms with E-state index < -0.39 is 0 Å². The maximum absolute atomic E-state index is 8.74. The van der Waals surface area contributed by atoms with Gasteiger partial charge in [0, 0.05) is 6.20 Å². The summed E-state index contributed by atoms with van der Waals surface area (Å²) in [4.78, 5) is 7.83. The quantitative estimate of drug-likeness (QED) is 0.721. The van der Waals surface area contributed by atoms with Crippen LogP contribution in [-0.2, 0) is 6.61 Å². The van der Waals surface area contributed by atoms with E-state index in [2.05, 4.69) is 9.97 Å². The molecule has 1 rings (SSSR count). The summed E-state index contributed by atoms with van der Waals surface area (Å²) in [7, 11) is 0. The summed E-state index contributed by atoms with van der Waals surface area (Å²) in [6, 6.07) is 1.99. The van der Waals surface area contributed by atoms with Crippen molar-refractivity contribution in [2.75, 3.05) is 6.61 Å². The lowest BCUT2D eigenvalue weighted by atomic mass is 10.4. The fourth-order valence-electron chi connectivity index (χ4n) is 0.727. The average Bonchev–Trinajstić information content (AvgIpc) is 2.15. The number of aliphatic hydroxyl groups excluding tert-OH is 1. The van der Waals surface area contributed by atoms with Crippen LogP contribution in [0.4, 0.5) is 0 Å². The Bertz CT molecular complexity index is 240. The van der Waals surface area contributed by atoms with E-state index in [9.17, 15) is 0 Å². The van der Waals surface area contributed by atoms with Gasteiger partial charge in [0.25, 0.3) is 0 Å². The van der Waals surface area contributed by atoms with E-state index in [1.807, 2.05) is 6.92 Å². The number of hydrogen-bond donors (Lipinski definition) is 1. The number of ether oxygens (including phenoxy) is 1. The van der Waals surface area contributed by atoms with E-state index in [0.29, 0.717) is 18.3 Å². The molecule has 0 aliphatic carbocycles. The van der Waals surface area contributed by atoms with E-state index in [4.69, 9.17) is 9.84 Å². The molecule has 0 aromatic carbocycles. The van der Waals surface area contributed by atoms with E-state index in [0.717, 1.165) is 6.42 Å². The first-order valence-electron chi connectivity index (χ1n) is 3.92. The minimum absolute atomic E-state index is 0.0784. The number of aliphatic hydroxyl groups is 1. The van der Waals surface area contributed by atoms with Gasteiger partial charge in [-0.2, -0.15) is 4.98 Å². The Balaban J connectivity index is 2.60. The summed E-state index contributed by atoms with van der Waals surface area (Å²) in [5.41, 5.74) is 0.580. The predicted molar refractivity (Wildman–Crippen MR) is 43.7 cm³/mol. The van der Waals surface area contributed by atoms with Gasteiger partial charge in [-0.25, -0.2) is 4.98 Å². The molecule has 0 bridgehead atoms. The van der Waals surface area contributed by atoms with Crippen LogP contribution < -0.4 is 4.74 Å². The Hall–Kier alpha value is -1.16. The molecule has 1 aromatic rings. The Morgan fingerprint density at radius 1 is 1.58 bits per heavy atom. The van der Waals surface area contributed by atoms with Crippen molar-refractivity contribution >= 4 is 0 Å². The Morgan fingerprint density at radius 2 is 2.42 bits per heavy atom. The topological polar surface area (TPSA) is 55.2 Å². The molecule has 0 aliphatic heterocycles. The van der Waals surface area contributed by atoms with Gasteiger partial charge < -0.3 is 9.84 Å². The summed E-state index contributed by atoms with van der Waals surface area (Å²) in [5.74, 6) is 0. The van der Waals surface area contributed by atoms with E-state index >= 15 is 0 Å². The standard InChI is InChI=1S/C8H12N2O2/c1-2-5-12-8-9-4-3-7(6-11)10-8/h3-4,11H,2,5-6H2,1H3. The minimum atomic E-state index is -0.0784. The summed E-state index contributed by atoms with van der Waals surface area (Å²) in [6.07, 6.45) is 2.50. The lowest BCUT2D eigenvalue weighted by Crippen LogP contribution is -2.01. The predicted octanol–water partition coefficient (Wildman–Crippen LogP) is 0.758. The molecular formula is C8H12N2O2. The second-order valence-electron chi connectivity index (χ2n) is 2.34. The number of hydrogen-bond acceptors (Lipinski definition) is 4. The lowest BCUT2D eigenvalue weighted by Gasteiger charge is -2.02. The van der Waals surface area contributed by atoms with E-state index in [1.165, 1.54) is 0 Å². The third-order valence-corrected chi connectivity index (χ3v) is 1.29. The molecule has 4 heteroatoms. The Kier molecular flexibility index (Phi) is 3.47. The third kappa shape index (κ3) is 2.47. The van der Waals surface area contributed by atoms with Crippen molar-refractivity contribution in [3.05, 3.63) is 18.0 Å². The molecule has 0 spiro atoms. The number of nitrogens with zero attached hydrogens (tertiary/aromatic N) is 2. The van der Waals surface area contributed by atoms with Crippen LogP contribution in [0.5, 0.6) is 6.01 Å². The third-order valence-electron chi connectivity index (χ3n) is 1.29. The molecule has 66 valence electrons. The molecule has 4 nitrogen and oxygen atoms in total. The van der Waals surface area contributed by atoms with Gasteiger partial charge in [-0.15, -0.1) is 0 Å². The van der Waals surface area contributed by atoms with Crippen molar-refractivity contribution in [3.63, 3.8) is 0 Å². The van der Waals surface area contributed by atoms with Gasteiger partial charge in [-0.05, 0) is 12.5 Å². The molecule has 1 N–H and O–H groups in total. The summed E-state index contributed by atoms with van der Waals surface area (Å²) < 4.78 is 5.16. The van der Waals surface area contributed by atoms with Gasteiger partial charge in [0.1, 0.15) is 0 Å². The van der Waals surface area contributed by atoms with Gasteiger partial charge >= 0.3 is 6.01 Å². The Labute approximate surface area is 71.2 Å². The van der Waals surface area contributed by atoms with Gasteiger partial charge in [-0.1, -0.05) is 6.92 Å². The molecule has 12 heavy (non-hydrogen) atoms. The summed E-state index contributed by atoms with van der Waals surface area (Å²) in [6.45, 7) is 2.54. The molecule has 0 fully saturated rings. The molecule has 0 radical (unpaired) electrons. The zero-order valence-electron chi connectivity index (χ0n) is 7.03. The van der Waals surface area contributed by atoms with Crippen LogP contribution in [0, 0.1) is 0 Å². The number of aromatic nitrogens is 2. The van der Waals surface area contributed by atoms with Crippen molar-refractivity contribution < 1.29 is 9.84 Å². The second kappa shape index (κ2) is 4.66. The van der Waals surface area contributed by atoms with Crippen LogP contribution in [0.3, 0.4) is 0 Å². The zero-order chi connectivity index (χ0) is 8.81. The molecule has 0 saturated carbocycles.